The van der Waals surface area contributed by atoms with Crippen LogP contribution in [0, 0.1) is 5.41 Å². The molecule has 5 N–H and O–H groups in total. The molecule has 68 valence electrons. The molecule has 0 atom stereocenters. The predicted octanol–water partition coefficient (Wildman–Crippen LogP) is -0.976. The lowest BCUT2D eigenvalue weighted by Crippen LogP contribution is -2.42. The first-order valence-electron chi connectivity index (χ1n) is 3.58. The molecule has 12 heavy (non-hydrogen) atoms. The molecular formula is C6H11N3O3. The number of amides is 2. The molecule has 1 saturated carbocycles. The van der Waals surface area contributed by atoms with Crippen LogP contribution >= 0.6 is 0 Å². The molecule has 1 rings (SSSR count). The highest BCUT2D eigenvalue weighted by molar-refractivity contribution is 5.85. The summed E-state index contributed by atoms with van der Waals surface area (Å²) in [5.41, 5.74) is 1.44. The third-order valence-corrected chi connectivity index (χ3v) is 2.04. The zero-order chi connectivity index (χ0) is 9.19. The van der Waals surface area contributed by atoms with Crippen molar-refractivity contribution in [2.45, 2.75) is 12.8 Å². The molecule has 6 heteroatoms. The first kappa shape index (κ1) is 8.79. The van der Waals surface area contributed by atoms with Gasteiger partial charge in [0.25, 0.3) is 0 Å². The van der Waals surface area contributed by atoms with Crippen LogP contribution in [0.25, 0.3) is 0 Å². The molecule has 0 aromatic rings. The van der Waals surface area contributed by atoms with Crippen LogP contribution in [-0.4, -0.2) is 23.7 Å². The Balaban J connectivity index is 2.39. The Morgan fingerprint density at radius 2 is 2.08 bits per heavy atom. The average Bonchev–Trinajstić information content (AvgIpc) is 2.80. The second-order valence-electron chi connectivity index (χ2n) is 2.91. The van der Waals surface area contributed by atoms with Crippen molar-refractivity contribution in [3.05, 3.63) is 0 Å². The number of hydrazine groups is 1. The normalized spacial score (nSPS) is 18.1. The van der Waals surface area contributed by atoms with Crippen LogP contribution in [0.3, 0.4) is 0 Å². The minimum absolute atomic E-state index is 0.144. The van der Waals surface area contributed by atoms with E-state index in [9.17, 15) is 9.59 Å². The summed E-state index contributed by atoms with van der Waals surface area (Å²) < 4.78 is 0. The van der Waals surface area contributed by atoms with Gasteiger partial charge in [-0.1, -0.05) is 0 Å². The summed E-state index contributed by atoms with van der Waals surface area (Å²) in [6, 6.07) is 0. The summed E-state index contributed by atoms with van der Waals surface area (Å²) in [6.07, 6.45) is 0.262. The minimum Gasteiger partial charge on any atom is -0.465 e. The zero-order valence-electron chi connectivity index (χ0n) is 6.46. The topological polar surface area (TPSA) is 104 Å². The van der Waals surface area contributed by atoms with Crippen molar-refractivity contribution in [1.82, 2.24) is 10.7 Å². The summed E-state index contributed by atoms with van der Waals surface area (Å²) in [6.45, 7) is 0.144. The van der Waals surface area contributed by atoms with Crippen molar-refractivity contribution in [3.63, 3.8) is 0 Å². The van der Waals surface area contributed by atoms with Gasteiger partial charge in [0.1, 0.15) is 0 Å². The van der Waals surface area contributed by atoms with Crippen molar-refractivity contribution < 1.29 is 14.7 Å². The van der Waals surface area contributed by atoms with Gasteiger partial charge >= 0.3 is 6.09 Å². The third-order valence-electron chi connectivity index (χ3n) is 2.04. The zero-order valence-corrected chi connectivity index (χ0v) is 6.46. The molecule has 0 radical (unpaired) electrons. The molecular weight excluding hydrogens is 162 g/mol. The monoisotopic (exact) mass is 173 g/mol. The quantitative estimate of drug-likeness (QED) is 0.250. The summed E-state index contributed by atoms with van der Waals surface area (Å²) in [5.74, 6) is 4.63. The van der Waals surface area contributed by atoms with Gasteiger partial charge < -0.3 is 10.4 Å². The fraction of sp³-hybridized carbons (Fsp3) is 0.667. The van der Waals surface area contributed by atoms with Crippen molar-refractivity contribution >= 4 is 12.0 Å². The van der Waals surface area contributed by atoms with E-state index in [1.807, 2.05) is 5.43 Å². The van der Waals surface area contributed by atoms with E-state index < -0.39 is 11.5 Å². The largest absolute Gasteiger partial charge is 0.465 e. The molecule has 0 aromatic heterocycles. The number of hydrogen-bond acceptors (Lipinski definition) is 3. The Labute approximate surface area is 69.1 Å². The summed E-state index contributed by atoms with van der Waals surface area (Å²) in [5, 5.41) is 10.4. The summed E-state index contributed by atoms with van der Waals surface area (Å²) in [7, 11) is 0. The lowest BCUT2D eigenvalue weighted by atomic mass is 10.1. The number of carbonyl (C=O) groups is 2. The molecule has 0 unspecified atom stereocenters. The number of nitrogens with two attached hydrogens (primary N) is 1. The van der Waals surface area contributed by atoms with Crippen LogP contribution in [0.5, 0.6) is 0 Å². The molecule has 0 heterocycles. The molecule has 0 saturated heterocycles. The molecule has 0 spiro atoms. The van der Waals surface area contributed by atoms with Gasteiger partial charge in [-0.05, 0) is 12.8 Å². The van der Waals surface area contributed by atoms with Gasteiger partial charge in [-0.15, -0.1) is 0 Å². The second-order valence-corrected chi connectivity index (χ2v) is 2.91. The van der Waals surface area contributed by atoms with Gasteiger partial charge in [0.2, 0.25) is 5.91 Å². The Hall–Kier alpha value is -1.30. The van der Waals surface area contributed by atoms with Gasteiger partial charge in [0, 0.05) is 6.54 Å². The van der Waals surface area contributed by atoms with E-state index in [-0.39, 0.29) is 12.5 Å². The maximum absolute atomic E-state index is 11.0. The number of carbonyl (C=O) groups excluding carboxylic acids is 1. The highest BCUT2D eigenvalue weighted by atomic mass is 16.4. The van der Waals surface area contributed by atoms with E-state index in [4.69, 9.17) is 10.9 Å². The maximum atomic E-state index is 11.0. The molecule has 2 amide bonds. The van der Waals surface area contributed by atoms with Crippen LogP contribution in [0.15, 0.2) is 0 Å². The standard InChI is InChI=1S/C6H11N3O3/c7-9-4(10)6(1-2-6)3-8-5(11)12/h8H,1-3,7H2,(H,9,10)(H,11,12). The summed E-state index contributed by atoms with van der Waals surface area (Å²) in [4.78, 5) is 21.2. The van der Waals surface area contributed by atoms with E-state index in [1.54, 1.807) is 0 Å². The molecule has 1 aliphatic carbocycles. The third kappa shape index (κ3) is 1.65. The summed E-state index contributed by atoms with van der Waals surface area (Å²) >= 11 is 0. The lowest BCUT2D eigenvalue weighted by molar-refractivity contribution is -0.126. The fourth-order valence-corrected chi connectivity index (χ4v) is 1.03. The number of hydrogen-bond donors (Lipinski definition) is 4. The average molecular weight is 173 g/mol. The Bertz CT molecular complexity index is 212. The van der Waals surface area contributed by atoms with E-state index >= 15 is 0 Å². The van der Waals surface area contributed by atoms with Gasteiger partial charge in [0.05, 0.1) is 5.41 Å². The van der Waals surface area contributed by atoms with Crippen LogP contribution in [-0.2, 0) is 4.79 Å². The van der Waals surface area contributed by atoms with E-state index in [0.29, 0.717) is 12.8 Å². The van der Waals surface area contributed by atoms with Crippen LogP contribution in [0.1, 0.15) is 12.8 Å². The molecule has 0 aromatic carbocycles. The number of nitrogens with one attached hydrogen (secondary N) is 2. The van der Waals surface area contributed by atoms with Gasteiger partial charge in [-0.3, -0.25) is 10.2 Å². The Kier molecular flexibility index (Phi) is 2.18. The predicted molar refractivity (Wildman–Crippen MR) is 40.0 cm³/mol. The second kappa shape index (κ2) is 2.98. The van der Waals surface area contributed by atoms with Gasteiger partial charge in [0.15, 0.2) is 0 Å². The number of carboxylic acid groups (broad SMARTS) is 1. The van der Waals surface area contributed by atoms with Crippen molar-refractivity contribution in [2.75, 3.05) is 6.54 Å². The van der Waals surface area contributed by atoms with E-state index in [0.717, 1.165) is 0 Å². The van der Waals surface area contributed by atoms with Crippen LogP contribution in [0.4, 0.5) is 4.79 Å². The smallest absolute Gasteiger partial charge is 0.404 e. The highest BCUT2D eigenvalue weighted by Gasteiger charge is 2.49. The fourth-order valence-electron chi connectivity index (χ4n) is 1.03. The van der Waals surface area contributed by atoms with E-state index in [1.165, 1.54) is 0 Å². The highest BCUT2D eigenvalue weighted by Crippen LogP contribution is 2.44. The molecule has 0 bridgehead atoms. The Morgan fingerprint density at radius 1 is 1.50 bits per heavy atom. The van der Waals surface area contributed by atoms with Crippen molar-refractivity contribution in [2.24, 2.45) is 11.3 Å². The molecule has 1 aliphatic rings. The van der Waals surface area contributed by atoms with Crippen molar-refractivity contribution in [1.29, 1.82) is 0 Å². The Morgan fingerprint density at radius 3 is 2.42 bits per heavy atom. The SMILES string of the molecule is NNC(=O)C1(CNC(=O)O)CC1. The maximum Gasteiger partial charge on any atom is 0.404 e. The molecule has 0 aliphatic heterocycles. The van der Waals surface area contributed by atoms with Crippen LogP contribution in [0.2, 0.25) is 0 Å². The minimum atomic E-state index is -1.12. The molecule has 1 fully saturated rings. The van der Waals surface area contributed by atoms with E-state index in [2.05, 4.69) is 5.32 Å². The first-order chi connectivity index (χ1) is 5.60. The lowest BCUT2D eigenvalue weighted by Gasteiger charge is -2.11. The van der Waals surface area contributed by atoms with Gasteiger partial charge in [-0.2, -0.15) is 0 Å². The van der Waals surface area contributed by atoms with Crippen LogP contribution < -0.4 is 16.6 Å². The van der Waals surface area contributed by atoms with Gasteiger partial charge in [-0.25, -0.2) is 10.6 Å². The molecule has 6 nitrogen and oxygen atoms in total. The first-order valence-corrected chi connectivity index (χ1v) is 3.58. The number of rotatable bonds is 3. The van der Waals surface area contributed by atoms with Crippen molar-refractivity contribution in [3.8, 4) is 0 Å².